The van der Waals surface area contributed by atoms with Crippen molar-refractivity contribution >= 4 is 25.7 Å². The van der Waals surface area contributed by atoms with E-state index in [-0.39, 0.29) is 25.9 Å². The predicted octanol–water partition coefficient (Wildman–Crippen LogP) is 15.4. The Morgan fingerprint density at radius 1 is 0.426 bits per heavy atom. The van der Waals surface area contributed by atoms with Crippen molar-refractivity contribution in [2.45, 2.75) is 238 Å². The number of allylic oxidation sites excluding steroid dienone is 12. The van der Waals surface area contributed by atoms with E-state index < -0.39 is 57.8 Å². The molecular formula is C56H97O11P. The second kappa shape index (κ2) is 50.3. The fraction of sp³-hybridized carbons (Fsp3) is 0.732. The molecule has 12 heteroatoms. The molecule has 0 spiro atoms. The van der Waals surface area contributed by atoms with E-state index in [1.54, 1.807) is 0 Å². The van der Waals surface area contributed by atoms with Gasteiger partial charge in [-0.25, -0.2) is 4.57 Å². The lowest BCUT2D eigenvalue weighted by Crippen LogP contribution is -2.30. The maximum Gasteiger partial charge on any atom is 0.472 e. The van der Waals surface area contributed by atoms with E-state index in [2.05, 4.69) is 93.7 Å². The van der Waals surface area contributed by atoms with E-state index in [4.69, 9.17) is 23.3 Å². The SMILES string of the molecule is CC/C=C\C/C=C\C/C=C\C/C=C\CCCCCCCCC(=O)OC(COC(=O)CCCCCCC/C=C\C/C=C\CCC)COP(=O)(O)OCC(CO)OC(=O)CCCCCCCCCCC. The highest BCUT2D eigenvalue weighted by Crippen LogP contribution is 2.43. The molecule has 0 aromatic heterocycles. The van der Waals surface area contributed by atoms with Crippen LogP contribution in [0.15, 0.2) is 72.9 Å². The maximum absolute atomic E-state index is 12.9. The third kappa shape index (κ3) is 48.0. The summed E-state index contributed by atoms with van der Waals surface area (Å²) in [5.41, 5.74) is 0. The van der Waals surface area contributed by atoms with Gasteiger partial charge in [0.25, 0.3) is 0 Å². The van der Waals surface area contributed by atoms with E-state index >= 15 is 0 Å². The summed E-state index contributed by atoms with van der Waals surface area (Å²) in [6.45, 7) is 4.40. The molecule has 0 aromatic carbocycles. The fourth-order valence-corrected chi connectivity index (χ4v) is 7.82. The summed E-state index contributed by atoms with van der Waals surface area (Å²) in [7, 11) is -4.75. The molecule has 0 aliphatic heterocycles. The fourth-order valence-electron chi connectivity index (χ4n) is 7.03. The molecule has 3 atom stereocenters. The van der Waals surface area contributed by atoms with Crippen LogP contribution >= 0.6 is 7.82 Å². The van der Waals surface area contributed by atoms with Crippen molar-refractivity contribution in [3.63, 3.8) is 0 Å². The summed E-state index contributed by atoms with van der Waals surface area (Å²) in [4.78, 5) is 48.3. The van der Waals surface area contributed by atoms with Crippen molar-refractivity contribution in [3.05, 3.63) is 72.9 Å². The number of hydrogen-bond acceptors (Lipinski definition) is 10. The molecule has 0 aliphatic carbocycles. The molecule has 0 saturated heterocycles. The van der Waals surface area contributed by atoms with Crippen LogP contribution in [0.3, 0.4) is 0 Å². The summed E-state index contributed by atoms with van der Waals surface area (Å²) >= 11 is 0. The minimum atomic E-state index is -4.75. The zero-order valence-electron chi connectivity index (χ0n) is 43.1. The first-order valence-electron chi connectivity index (χ1n) is 26.8. The van der Waals surface area contributed by atoms with Crippen LogP contribution in [0, 0.1) is 0 Å². The highest BCUT2D eigenvalue weighted by atomic mass is 31.2. The minimum absolute atomic E-state index is 0.147. The third-order valence-corrected chi connectivity index (χ3v) is 12.0. The van der Waals surface area contributed by atoms with E-state index in [1.165, 1.54) is 38.5 Å². The largest absolute Gasteiger partial charge is 0.472 e. The van der Waals surface area contributed by atoms with Gasteiger partial charge in [-0.3, -0.25) is 23.4 Å². The van der Waals surface area contributed by atoms with Crippen molar-refractivity contribution in [2.24, 2.45) is 0 Å². The molecule has 0 radical (unpaired) electrons. The molecule has 0 bridgehead atoms. The van der Waals surface area contributed by atoms with Crippen molar-refractivity contribution < 1.29 is 52.2 Å². The van der Waals surface area contributed by atoms with Gasteiger partial charge in [-0.15, -0.1) is 0 Å². The smallest absolute Gasteiger partial charge is 0.462 e. The van der Waals surface area contributed by atoms with E-state index in [1.807, 2.05) is 0 Å². The number of phosphoric acid groups is 1. The molecular weight excluding hydrogens is 880 g/mol. The summed E-state index contributed by atoms with van der Waals surface area (Å²) < 4.78 is 39.3. The van der Waals surface area contributed by atoms with E-state index in [0.29, 0.717) is 19.3 Å². The average Bonchev–Trinajstić information content (AvgIpc) is 3.32. The molecule has 0 amide bonds. The van der Waals surface area contributed by atoms with Gasteiger partial charge in [-0.2, -0.15) is 0 Å². The normalized spacial score (nSPS) is 14.0. The highest BCUT2D eigenvalue weighted by Gasteiger charge is 2.28. The maximum atomic E-state index is 12.9. The van der Waals surface area contributed by atoms with Gasteiger partial charge in [0.2, 0.25) is 0 Å². The molecule has 11 nitrogen and oxygen atoms in total. The lowest BCUT2D eigenvalue weighted by atomic mass is 10.1. The Morgan fingerprint density at radius 2 is 0.794 bits per heavy atom. The Kier molecular flexibility index (Phi) is 48.0. The molecule has 0 saturated carbocycles. The molecule has 0 aliphatic rings. The summed E-state index contributed by atoms with van der Waals surface area (Å²) in [6.07, 6.45) is 54.4. The topological polar surface area (TPSA) is 155 Å². The number of hydrogen-bond donors (Lipinski definition) is 2. The van der Waals surface area contributed by atoms with Crippen LogP contribution in [0.5, 0.6) is 0 Å². The van der Waals surface area contributed by atoms with Gasteiger partial charge >= 0.3 is 25.7 Å². The molecule has 0 aromatic rings. The van der Waals surface area contributed by atoms with Crippen molar-refractivity contribution in [1.29, 1.82) is 0 Å². The number of carbonyl (C=O) groups is 3. The molecule has 0 heterocycles. The van der Waals surface area contributed by atoms with Gasteiger partial charge in [-0.1, -0.05) is 196 Å². The van der Waals surface area contributed by atoms with Crippen LogP contribution in [0.1, 0.15) is 226 Å². The van der Waals surface area contributed by atoms with Crippen molar-refractivity contribution in [2.75, 3.05) is 26.4 Å². The monoisotopic (exact) mass is 977 g/mol. The number of carbonyl (C=O) groups excluding carboxylic acids is 3. The van der Waals surface area contributed by atoms with Gasteiger partial charge in [0.1, 0.15) is 12.7 Å². The first-order valence-corrected chi connectivity index (χ1v) is 28.3. The van der Waals surface area contributed by atoms with Gasteiger partial charge in [0, 0.05) is 19.3 Å². The van der Waals surface area contributed by atoms with E-state index in [9.17, 15) is 28.9 Å². The quantitative estimate of drug-likeness (QED) is 0.0197. The van der Waals surface area contributed by atoms with Crippen LogP contribution in [-0.4, -0.2) is 66.5 Å². The summed E-state index contributed by atoms with van der Waals surface area (Å²) in [5, 5.41) is 9.75. The molecule has 2 N–H and O–H groups in total. The number of aliphatic hydroxyl groups is 1. The first-order chi connectivity index (χ1) is 33.2. The standard InChI is InChI=1S/C56H97O11P/c1-4-7-10-13-16-19-21-23-24-25-26-27-28-30-32-35-38-41-44-47-56(60)67-53(49-63-54(58)45-42-39-36-34-31-29-22-20-17-14-11-8-5-2)51-65-68(61,62)64-50-52(48-57)66-55(59)46-43-40-37-33-18-15-12-9-6-3/h7,10-11,14,16,19-20,22-24,26-27,52-53,57H,4-6,8-9,12-13,15,17-18,21,25,28-51H2,1-3H3,(H,61,62)/b10-7-,14-11-,19-16-,22-20-,24-23-,27-26-. The summed E-state index contributed by atoms with van der Waals surface area (Å²) in [5.74, 6) is -1.50. The van der Waals surface area contributed by atoms with Crippen molar-refractivity contribution in [3.8, 4) is 0 Å². The van der Waals surface area contributed by atoms with Gasteiger partial charge in [0.15, 0.2) is 6.10 Å². The zero-order valence-corrected chi connectivity index (χ0v) is 43.9. The third-order valence-electron chi connectivity index (χ3n) is 11.1. The molecule has 0 fully saturated rings. The number of esters is 3. The molecule has 68 heavy (non-hydrogen) atoms. The van der Waals surface area contributed by atoms with Gasteiger partial charge in [0.05, 0.1) is 19.8 Å². The van der Waals surface area contributed by atoms with Crippen molar-refractivity contribution in [1.82, 2.24) is 0 Å². The number of ether oxygens (including phenoxy) is 3. The molecule has 392 valence electrons. The Bertz CT molecular complexity index is 1420. The lowest BCUT2D eigenvalue weighted by Gasteiger charge is -2.21. The average molecular weight is 977 g/mol. The van der Waals surface area contributed by atoms with Crippen LogP contribution < -0.4 is 0 Å². The van der Waals surface area contributed by atoms with Crippen LogP contribution in [0.2, 0.25) is 0 Å². The van der Waals surface area contributed by atoms with Crippen LogP contribution in [0.25, 0.3) is 0 Å². The van der Waals surface area contributed by atoms with Gasteiger partial charge in [-0.05, 0) is 83.5 Å². The number of unbranched alkanes of at least 4 members (excludes halogenated alkanes) is 20. The van der Waals surface area contributed by atoms with Crippen LogP contribution in [0.4, 0.5) is 0 Å². The summed E-state index contributed by atoms with van der Waals surface area (Å²) in [6, 6.07) is 0. The second-order valence-corrected chi connectivity index (χ2v) is 19.1. The van der Waals surface area contributed by atoms with Gasteiger partial charge < -0.3 is 24.2 Å². The number of phosphoric ester groups is 1. The Labute approximate surface area is 414 Å². The van der Waals surface area contributed by atoms with E-state index in [0.717, 1.165) is 128 Å². The second-order valence-electron chi connectivity index (χ2n) is 17.7. The minimum Gasteiger partial charge on any atom is -0.462 e. The number of rotatable bonds is 49. The van der Waals surface area contributed by atoms with Crippen LogP contribution in [-0.2, 0) is 42.2 Å². The first kappa shape index (κ1) is 64.9. The Hall–Kier alpha value is -3.08. The Morgan fingerprint density at radius 3 is 1.24 bits per heavy atom. The predicted molar refractivity (Wildman–Crippen MR) is 279 cm³/mol. The number of aliphatic hydroxyl groups excluding tert-OH is 1. The molecule has 3 unspecified atom stereocenters. The highest BCUT2D eigenvalue weighted by molar-refractivity contribution is 7.47. The Balaban J connectivity index is 4.77. The zero-order chi connectivity index (χ0) is 49.9. The lowest BCUT2D eigenvalue weighted by molar-refractivity contribution is -0.161. The molecule has 0 rings (SSSR count).